The summed E-state index contributed by atoms with van der Waals surface area (Å²) in [6.07, 6.45) is -2.69. The van der Waals surface area contributed by atoms with Crippen molar-refractivity contribution in [3.8, 4) is 5.75 Å². The van der Waals surface area contributed by atoms with Gasteiger partial charge in [-0.25, -0.2) is 0 Å². The number of amides is 1. The van der Waals surface area contributed by atoms with E-state index in [-0.39, 0.29) is 28.8 Å². The summed E-state index contributed by atoms with van der Waals surface area (Å²) in [5.74, 6) is -0.616. The minimum absolute atomic E-state index is 0.00935. The first kappa shape index (κ1) is 19.5. The highest BCUT2D eigenvalue weighted by atomic mass is 19.4. The fraction of sp³-hybridized carbons (Fsp3) is 0.400. The molecule has 0 saturated heterocycles. The van der Waals surface area contributed by atoms with E-state index in [4.69, 9.17) is 9.15 Å². The van der Waals surface area contributed by atoms with Crippen molar-refractivity contribution in [2.75, 3.05) is 0 Å². The van der Waals surface area contributed by atoms with Crippen molar-refractivity contribution in [2.45, 2.75) is 51.1 Å². The number of hydrogen-bond acceptors (Lipinski definition) is 5. The lowest BCUT2D eigenvalue weighted by Gasteiger charge is -2.32. The van der Waals surface area contributed by atoms with Crippen LogP contribution in [0.4, 0.5) is 13.2 Å². The largest absolute Gasteiger partial charge is 0.486 e. The number of alkyl halides is 3. The van der Waals surface area contributed by atoms with Gasteiger partial charge in [0.2, 0.25) is 0 Å². The first-order chi connectivity index (χ1) is 13.7. The summed E-state index contributed by atoms with van der Waals surface area (Å²) in [7, 11) is 0. The first-order valence-corrected chi connectivity index (χ1v) is 9.18. The summed E-state index contributed by atoms with van der Waals surface area (Å²) in [6.45, 7) is 1.32. The van der Waals surface area contributed by atoms with Crippen molar-refractivity contribution in [2.24, 2.45) is 5.10 Å². The minimum atomic E-state index is -5.06. The van der Waals surface area contributed by atoms with E-state index in [1.54, 1.807) is 0 Å². The highest BCUT2D eigenvalue weighted by Gasteiger charge is 2.63. The predicted octanol–water partition coefficient (Wildman–Crippen LogP) is 3.82. The molecular weight excluding hydrogens is 389 g/mol. The van der Waals surface area contributed by atoms with Crippen LogP contribution >= 0.6 is 0 Å². The van der Waals surface area contributed by atoms with E-state index in [2.05, 4.69) is 5.10 Å². The zero-order chi connectivity index (χ0) is 20.8. The van der Waals surface area contributed by atoms with Gasteiger partial charge in [-0.2, -0.15) is 23.3 Å². The number of hydrazone groups is 1. The topological polar surface area (TPSA) is 75.3 Å². The van der Waals surface area contributed by atoms with Crippen LogP contribution in [0.25, 0.3) is 0 Å². The normalized spacial score (nSPS) is 21.3. The molecule has 0 saturated carbocycles. The Hall–Kier alpha value is -2.81. The van der Waals surface area contributed by atoms with Crippen LogP contribution in [0.1, 0.15) is 47.2 Å². The Balaban J connectivity index is 1.46. The third-order valence-corrected chi connectivity index (χ3v) is 5.09. The van der Waals surface area contributed by atoms with Crippen molar-refractivity contribution in [3.05, 3.63) is 53.0 Å². The second-order valence-electron chi connectivity index (χ2n) is 7.28. The molecule has 6 nitrogen and oxygen atoms in total. The Morgan fingerprint density at radius 1 is 1.28 bits per heavy atom. The molecule has 1 aliphatic carbocycles. The number of hydrogen-bond donors (Lipinski definition) is 1. The molecule has 1 aromatic heterocycles. The van der Waals surface area contributed by atoms with Gasteiger partial charge in [0.05, 0.1) is 0 Å². The molecule has 2 aliphatic rings. The Labute approximate surface area is 164 Å². The predicted molar refractivity (Wildman–Crippen MR) is 96.4 cm³/mol. The number of halogens is 3. The average Bonchev–Trinajstić information content (AvgIpc) is 3.37. The number of carbonyl (C=O) groups is 1. The zero-order valence-electron chi connectivity index (χ0n) is 15.6. The number of ether oxygens (including phenoxy) is 1. The highest BCUT2D eigenvalue weighted by Crippen LogP contribution is 2.41. The van der Waals surface area contributed by atoms with Gasteiger partial charge in [-0.3, -0.25) is 4.79 Å². The van der Waals surface area contributed by atoms with Gasteiger partial charge in [-0.1, -0.05) is 6.07 Å². The summed E-state index contributed by atoms with van der Waals surface area (Å²) in [4.78, 5) is 12.5. The number of furan rings is 1. The van der Waals surface area contributed by atoms with E-state index < -0.39 is 24.2 Å². The van der Waals surface area contributed by atoms with E-state index in [1.807, 2.05) is 18.2 Å². The molecule has 1 aliphatic heterocycles. The summed E-state index contributed by atoms with van der Waals surface area (Å²) in [6, 6.07) is 8.51. The Kier molecular flexibility index (Phi) is 4.65. The quantitative estimate of drug-likeness (QED) is 0.835. The van der Waals surface area contributed by atoms with Crippen LogP contribution in [0, 0.1) is 0 Å². The molecular formula is C20H19F3N2O4. The summed E-state index contributed by atoms with van der Waals surface area (Å²) >= 11 is 0. The van der Waals surface area contributed by atoms with Gasteiger partial charge in [0.25, 0.3) is 5.72 Å². The number of benzene rings is 1. The summed E-state index contributed by atoms with van der Waals surface area (Å²) < 4.78 is 50.9. The maximum atomic E-state index is 13.3. The number of aliphatic hydroxyl groups is 1. The average molecular weight is 408 g/mol. The number of fused-ring (bicyclic) bond motifs is 1. The van der Waals surface area contributed by atoms with Crippen LogP contribution in [0.5, 0.6) is 5.75 Å². The molecule has 0 bridgehead atoms. The van der Waals surface area contributed by atoms with Crippen LogP contribution in [-0.2, 0) is 19.4 Å². The maximum absolute atomic E-state index is 13.3. The van der Waals surface area contributed by atoms with Gasteiger partial charge in [-0.15, -0.1) is 0 Å². The molecule has 2 aromatic rings. The molecule has 29 heavy (non-hydrogen) atoms. The number of rotatable bonds is 4. The molecule has 2 heterocycles. The maximum Gasteiger partial charge on any atom is 0.438 e. The van der Waals surface area contributed by atoms with Crippen molar-refractivity contribution in [1.29, 1.82) is 0 Å². The van der Waals surface area contributed by atoms with E-state index in [1.165, 1.54) is 30.2 Å². The van der Waals surface area contributed by atoms with E-state index in [0.717, 1.165) is 19.3 Å². The van der Waals surface area contributed by atoms with Crippen LogP contribution in [0.15, 0.2) is 39.9 Å². The standard InChI is InChI=1S/C20H19F3N2O4/c1-12-10-19(27,20(21,22)23)25(24-12)18(26)17-8-7-16(29-17)11-28-15-6-5-13-3-2-4-14(13)9-15/h5-9,27H,2-4,10-11H2,1H3/t19-/m1/s1. The Bertz CT molecular complexity index is 982. The number of aryl methyl sites for hydroxylation is 2. The first-order valence-electron chi connectivity index (χ1n) is 9.18. The van der Waals surface area contributed by atoms with Crippen LogP contribution in [-0.4, -0.2) is 33.6 Å². The molecule has 0 radical (unpaired) electrons. The zero-order valence-corrected chi connectivity index (χ0v) is 15.6. The smallest absolute Gasteiger partial charge is 0.438 e. The van der Waals surface area contributed by atoms with Gasteiger partial charge in [0, 0.05) is 12.1 Å². The van der Waals surface area contributed by atoms with Crippen LogP contribution in [0.3, 0.4) is 0 Å². The molecule has 1 aromatic carbocycles. The van der Waals surface area contributed by atoms with Crippen molar-refractivity contribution in [3.63, 3.8) is 0 Å². The molecule has 4 rings (SSSR count). The van der Waals surface area contributed by atoms with Crippen LogP contribution < -0.4 is 4.74 Å². The third-order valence-electron chi connectivity index (χ3n) is 5.09. The lowest BCUT2D eigenvalue weighted by Crippen LogP contribution is -2.56. The molecule has 9 heteroatoms. The third kappa shape index (κ3) is 3.50. The summed E-state index contributed by atoms with van der Waals surface area (Å²) in [5, 5.41) is 13.6. The Morgan fingerprint density at radius 3 is 2.79 bits per heavy atom. The molecule has 0 unspecified atom stereocenters. The molecule has 0 fully saturated rings. The monoisotopic (exact) mass is 408 g/mol. The van der Waals surface area contributed by atoms with Crippen molar-refractivity contribution >= 4 is 11.6 Å². The fourth-order valence-electron chi connectivity index (χ4n) is 3.62. The van der Waals surface area contributed by atoms with Gasteiger partial charge in [0.15, 0.2) is 5.76 Å². The van der Waals surface area contributed by atoms with Crippen LogP contribution in [0.2, 0.25) is 0 Å². The van der Waals surface area contributed by atoms with E-state index >= 15 is 0 Å². The van der Waals surface area contributed by atoms with Crippen molar-refractivity contribution in [1.82, 2.24) is 5.01 Å². The van der Waals surface area contributed by atoms with Gasteiger partial charge < -0.3 is 14.3 Å². The lowest BCUT2D eigenvalue weighted by atomic mass is 10.1. The highest BCUT2D eigenvalue weighted by molar-refractivity contribution is 5.96. The second-order valence-corrected chi connectivity index (χ2v) is 7.28. The number of carbonyl (C=O) groups excluding carboxylic acids is 1. The lowest BCUT2D eigenvalue weighted by molar-refractivity contribution is -0.297. The molecule has 1 N–H and O–H groups in total. The fourth-order valence-corrected chi connectivity index (χ4v) is 3.62. The van der Waals surface area contributed by atoms with Gasteiger partial charge in [0.1, 0.15) is 18.1 Å². The summed E-state index contributed by atoms with van der Waals surface area (Å²) in [5.41, 5.74) is -0.847. The van der Waals surface area contributed by atoms with E-state index in [9.17, 15) is 23.1 Å². The second kappa shape index (κ2) is 6.91. The van der Waals surface area contributed by atoms with Crippen molar-refractivity contribution < 1.29 is 32.2 Å². The molecule has 0 spiro atoms. The minimum Gasteiger partial charge on any atom is -0.486 e. The molecule has 1 amide bonds. The number of nitrogens with zero attached hydrogens (tertiary/aromatic N) is 2. The molecule has 1 atom stereocenters. The SMILES string of the molecule is CC1=NN(C(=O)c2ccc(COc3ccc4c(c3)CCC4)o2)[C@](O)(C(F)(F)F)C1. The van der Waals surface area contributed by atoms with Gasteiger partial charge in [-0.05, 0) is 61.6 Å². The van der Waals surface area contributed by atoms with Gasteiger partial charge >= 0.3 is 12.1 Å². The molecule has 154 valence electrons. The Morgan fingerprint density at radius 2 is 2.03 bits per heavy atom. The van der Waals surface area contributed by atoms with E-state index in [0.29, 0.717) is 5.75 Å².